The Balaban J connectivity index is 1.63. The maximum Gasteiger partial charge on any atom is 0.230 e. The van der Waals surface area contributed by atoms with Crippen molar-refractivity contribution in [2.45, 2.75) is 18.2 Å². The molecule has 0 aliphatic rings. The van der Waals surface area contributed by atoms with E-state index in [1.54, 1.807) is 11.8 Å². The van der Waals surface area contributed by atoms with Gasteiger partial charge in [-0.25, -0.2) is 4.98 Å². The number of benzene rings is 2. The summed E-state index contributed by atoms with van der Waals surface area (Å²) in [5.41, 5.74) is 2.19. The number of nitriles is 1. The number of oxazole rings is 1. The summed E-state index contributed by atoms with van der Waals surface area (Å²) in [6.45, 7) is 1.88. The molecule has 136 valence electrons. The summed E-state index contributed by atoms with van der Waals surface area (Å²) in [6, 6.07) is 19.4. The minimum Gasteiger partial charge on any atom is -0.444 e. The van der Waals surface area contributed by atoms with Gasteiger partial charge in [-0.2, -0.15) is 5.26 Å². The number of amides is 1. The quantitative estimate of drug-likeness (QED) is 0.600. The van der Waals surface area contributed by atoms with Crippen LogP contribution in [0.1, 0.15) is 12.6 Å². The Labute approximate surface area is 162 Å². The second kappa shape index (κ2) is 9.06. The van der Waals surface area contributed by atoms with Gasteiger partial charge in [0.2, 0.25) is 11.8 Å². The summed E-state index contributed by atoms with van der Waals surface area (Å²) in [4.78, 5) is 17.7. The number of anilines is 1. The molecule has 1 atom stereocenters. The molecule has 1 N–H and O–H groups in total. The molecule has 2 aromatic carbocycles. The molecule has 0 bridgehead atoms. The summed E-state index contributed by atoms with van der Waals surface area (Å²) in [6.07, 6.45) is 1.64. The van der Waals surface area contributed by atoms with Crippen molar-refractivity contribution < 1.29 is 9.21 Å². The molecule has 3 rings (SSSR count). The molecule has 1 unspecified atom stereocenters. The average Bonchev–Trinajstić information content (AvgIpc) is 3.16. The summed E-state index contributed by atoms with van der Waals surface area (Å²) >= 11 is 1.56. The van der Waals surface area contributed by atoms with E-state index in [-0.39, 0.29) is 18.2 Å². The molecule has 0 radical (unpaired) electrons. The van der Waals surface area contributed by atoms with Crippen molar-refractivity contribution in [2.75, 3.05) is 11.1 Å². The van der Waals surface area contributed by atoms with Crippen molar-refractivity contribution in [1.29, 1.82) is 5.26 Å². The van der Waals surface area contributed by atoms with Gasteiger partial charge in [-0.1, -0.05) is 30.3 Å². The summed E-state index contributed by atoms with van der Waals surface area (Å²) in [5, 5.41) is 11.9. The van der Waals surface area contributed by atoms with Gasteiger partial charge in [0.1, 0.15) is 6.26 Å². The Bertz CT molecular complexity index is 947. The van der Waals surface area contributed by atoms with Gasteiger partial charge in [-0.15, -0.1) is 11.8 Å². The normalized spacial score (nSPS) is 11.6. The first-order valence-corrected chi connectivity index (χ1v) is 9.55. The van der Waals surface area contributed by atoms with Crippen LogP contribution in [0.25, 0.3) is 11.5 Å². The fourth-order valence-corrected chi connectivity index (χ4v) is 3.36. The lowest BCUT2D eigenvalue weighted by molar-refractivity contribution is -0.115. The predicted octanol–water partition coefficient (Wildman–Crippen LogP) is 4.77. The standard InChI is InChI=1S/C21H19N3O2S/c1-15(12-22)14-27-19-10-6-5-9-18(19)24-20(25)11-17-13-26-21(23-17)16-7-3-2-4-8-16/h2-10,13,15H,11,14H2,1H3,(H,24,25). The van der Waals surface area contributed by atoms with Crippen LogP contribution >= 0.6 is 11.8 Å². The number of aromatic nitrogens is 1. The van der Waals surface area contributed by atoms with E-state index in [9.17, 15) is 4.79 Å². The van der Waals surface area contributed by atoms with Gasteiger partial charge in [0, 0.05) is 16.2 Å². The maximum absolute atomic E-state index is 12.4. The highest BCUT2D eigenvalue weighted by atomic mass is 32.2. The fraction of sp³-hybridized carbons (Fsp3) is 0.190. The first kappa shape index (κ1) is 18.7. The number of hydrogen-bond acceptors (Lipinski definition) is 5. The minimum absolute atomic E-state index is 0.0507. The smallest absolute Gasteiger partial charge is 0.230 e. The highest BCUT2D eigenvalue weighted by molar-refractivity contribution is 7.99. The van der Waals surface area contributed by atoms with Crippen molar-refractivity contribution in [3.05, 3.63) is 66.6 Å². The van der Waals surface area contributed by atoms with Crippen molar-refractivity contribution in [3.8, 4) is 17.5 Å². The largest absolute Gasteiger partial charge is 0.444 e. The number of thioether (sulfide) groups is 1. The molecule has 0 spiro atoms. The SMILES string of the molecule is CC(C#N)CSc1ccccc1NC(=O)Cc1coc(-c2ccccc2)n1. The number of carbonyl (C=O) groups excluding carboxylic acids is 1. The number of para-hydroxylation sites is 1. The van der Waals surface area contributed by atoms with Crippen LogP contribution in [0, 0.1) is 17.2 Å². The number of nitrogens with zero attached hydrogens (tertiary/aromatic N) is 2. The monoisotopic (exact) mass is 377 g/mol. The highest BCUT2D eigenvalue weighted by Crippen LogP contribution is 2.28. The van der Waals surface area contributed by atoms with Crippen LogP contribution in [0.15, 0.2) is 70.2 Å². The van der Waals surface area contributed by atoms with Crippen LogP contribution in [0.5, 0.6) is 0 Å². The molecule has 1 amide bonds. The Morgan fingerprint density at radius 2 is 1.96 bits per heavy atom. The van der Waals surface area contributed by atoms with Crippen LogP contribution in [0.3, 0.4) is 0 Å². The van der Waals surface area contributed by atoms with Crippen molar-refractivity contribution in [2.24, 2.45) is 5.92 Å². The minimum atomic E-state index is -0.163. The van der Waals surface area contributed by atoms with Crippen LogP contribution in [0.4, 0.5) is 5.69 Å². The molecular formula is C21H19N3O2S. The topological polar surface area (TPSA) is 78.9 Å². The lowest BCUT2D eigenvalue weighted by atomic mass is 10.2. The van der Waals surface area contributed by atoms with E-state index >= 15 is 0 Å². The van der Waals surface area contributed by atoms with E-state index in [1.165, 1.54) is 6.26 Å². The molecule has 6 heteroatoms. The van der Waals surface area contributed by atoms with E-state index < -0.39 is 0 Å². The number of rotatable bonds is 7. The van der Waals surface area contributed by atoms with Crippen LogP contribution in [0.2, 0.25) is 0 Å². The van der Waals surface area contributed by atoms with E-state index in [0.717, 1.165) is 16.1 Å². The molecule has 3 aromatic rings. The van der Waals surface area contributed by atoms with Crippen molar-refractivity contribution >= 4 is 23.4 Å². The Morgan fingerprint density at radius 1 is 1.22 bits per heavy atom. The van der Waals surface area contributed by atoms with Gasteiger partial charge >= 0.3 is 0 Å². The number of hydrogen-bond donors (Lipinski definition) is 1. The van der Waals surface area contributed by atoms with Gasteiger partial charge in [-0.05, 0) is 31.2 Å². The second-order valence-corrected chi connectivity index (χ2v) is 7.13. The van der Waals surface area contributed by atoms with Crippen molar-refractivity contribution in [1.82, 2.24) is 4.98 Å². The molecule has 0 saturated heterocycles. The predicted molar refractivity (Wildman–Crippen MR) is 106 cm³/mol. The van der Waals surface area contributed by atoms with Crippen molar-refractivity contribution in [3.63, 3.8) is 0 Å². The number of carbonyl (C=O) groups is 1. The first-order chi connectivity index (χ1) is 13.2. The Hall–Kier alpha value is -3.04. The molecule has 1 aromatic heterocycles. The van der Waals surface area contributed by atoms with Gasteiger partial charge in [0.25, 0.3) is 0 Å². The van der Waals surface area contributed by atoms with E-state index in [4.69, 9.17) is 9.68 Å². The summed E-state index contributed by atoms with van der Waals surface area (Å²) in [7, 11) is 0. The molecule has 1 heterocycles. The Morgan fingerprint density at radius 3 is 2.74 bits per heavy atom. The average molecular weight is 377 g/mol. The van der Waals surface area contributed by atoms with Gasteiger partial charge in [-0.3, -0.25) is 4.79 Å². The molecule has 0 aliphatic heterocycles. The molecule has 5 nitrogen and oxygen atoms in total. The number of nitrogens with one attached hydrogen (secondary N) is 1. The van der Waals surface area contributed by atoms with E-state index in [1.807, 2.05) is 61.5 Å². The Kier molecular flexibility index (Phi) is 6.29. The maximum atomic E-state index is 12.4. The molecule has 27 heavy (non-hydrogen) atoms. The fourth-order valence-electron chi connectivity index (χ4n) is 2.41. The third-order valence-corrected chi connectivity index (χ3v) is 5.12. The van der Waals surface area contributed by atoms with Crippen LogP contribution in [-0.4, -0.2) is 16.6 Å². The molecule has 0 saturated carbocycles. The van der Waals surface area contributed by atoms with Gasteiger partial charge < -0.3 is 9.73 Å². The zero-order valence-electron chi connectivity index (χ0n) is 14.9. The molecular weight excluding hydrogens is 358 g/mol. The van der Waals surface area contributed by atoms with E-state index in [2.05, 4.69) is 16.4 Å². The second-order valence-electron chi connectivity index (χ2n) is 6.07. The highest BCUT2D eigenvalue weighted by Gasteiger charge is 2.13. The summed E-state index contributed by atoms with van der Waals surface area (Å²) < 4.78 is 5.48. The lowest BCUT2D eigenvalue weighted by Gasteiger charge is -2.10. The van der Waals surface area contributed by atoms with E-state index in [0.29, 0.717) is 17.3 Å². The molecule has 0 fully saturated rings. The third-order valence-electron chi connectivity index (χ3n) is 3.78. The lowest BCUT2D eigenvalue weighted by Crippen LogP contribution is -2.15. The zero-order valence-corrected chi connectivity index (χ0v) is 15.7. The molecule has 0 aliphatic carbocycles. The first-order valence-electron chi connectivity index (χ1n) is 8.57. The van der Waals surface area contributed by atoms with Gasteiger partial charge in [0.05, 0.1) is 29.8 Å². The van der Waals surface area contributed by atoms with Gasteiger partial charge in [0.15, 0.2) is 0 Å². The third kappa shape index (κ3) is 5.22. The van der Waals surface area contributed by atoms with Crippen LogP contribution in [-0.2, 0) is 11.2 Å². The van der Waals surface area contributed by atoms with Crippen LogP contribution < -0.4 is 5.32 Å². The summed E-state index contributed by atoms with van der Waals surface area (Å²) in [5.74, 6) is 0.960. The zero-order chi connectivity index (χ0) is 19.1.